The van der Waals surface area contributed by atoms with Gasteiger partial charge in [0.1, 0.15) is 5.82 Å². The molecule has 1 aromatic carbocycles. The van der Waals surface area contributed by atoms with Crippen LogP contribution >= 0.6 is 0 Å². The van der Waals surface area contributed by atoms with Crippen molar-refractivity contribution in [3.63, 3.8) is 0 Å². The van der Waals surface area contributed by atoms with Gasteiger partial charge >= 0.3 is 6.18 Å². The standard InChI is InChI=1S/C13H16F4/c1-8(12(2,3)4)10-7-9(13(15,16)17)5-6-11(10)14/h5-8H,1-4H3/t8-/m0/s1. The normalized spacial score (nSPS) is 14.8. The third-order valence-corrected chi connectivity index (χ3v) is 3.09. The van der Waals surface area contributed by atoms with Gasteiger partial charge in [-0.1, -0.05) is 27.7 Å². The highest BCUT2D eigenvalue weighted by molar-refractivity contribution is 5.30. The molecule has 0 amide bonds. The lowest BCUT2D eigenvalue weighted by Crippen LogP contribution is -2.17. The predicted molar refractivity (Wildman–Crippen MR) is 59.3 cm³/mol. The smallest absolute Gasteiger partial charge is 0.207 e. The number of alkyl halides is 3. The Hall–Kier alpha value is -1.06. The molecular formula is C13H16F4. The zero-order chi connectivity index (χ0) is 13.4. The second-order valence-corrected chi connectivity index (χ2v) is 5.32. The number of hydrogen-bond donors (Lipinski definition) is 0. The van der Waals surface area contributed by atoms with Gasteiger partial charge in [0, 0.05) is 0 Å². The molecule has 0 nitrogen and oxygen atoms in total. The molecule has 0 aliphatic carbocycles. The maximum Gasteiger partial charge on any atom is 0.416 e. The van der Waals surface area contributed by atoms with Gasteiger partial charge in [-0.15, -0.1) is 0 Å². The molecular weight excluding hydrogens is 232 g/mol. The van der Waals surface area contributed by atoms with E-state index in [1.54, 1.807) is 6.92 Å². The quantitative estimate of drug-likeness (QED) is 0.614. The molecule has 1 rings (SSSR count). The lowest BCUT2D eigenvalue weighted by atomic mass is 9.77. The SMILES string of the molecule is C[C@@H](c1cc(C(F)(F)F)ccc1F)C(C)(C)C. The van der Waals surface area contributed by atoms with Crippen molar-refractivity contribution < 1.29 is 17.6 Å². The fourth-order valence-corrected chi connectivity index (χ4v) is 1.52. The summed E-state index contributed by atoms with van der Waals surface area (Å²) in [6.45, 7) is 7.35. The van der Waals surface area contributed by atoms with Gasteiger partial charge in [0.25, 0.3) is 0 Å². The maximum atomic E-state index is 13.6. The monoisotopic (exact) mass is 248 g/mol. The van der Waals surface area contributed by atoms with Gasteiger partial charge in [0.05, 0.1) is 5.56 Å². The average Bonchev–Trinajstić information content (AvgIpc) is 2.14. The van der Waals surface area contributed by atoms with E-state index in [4.69, 9.17) is 0 Å². The Labute approximate surface area is 98.6 Å². The van der Waals surface area contributed by atoms with E-state index in [0.29, 0.717) is 0 Å². The van der Waals surface area contributed by atoms with Crippen molar-refractivity contribution in [2.45, 2.75) is 39.8 Å². The van der Waals surface area contributed by atoms with E-state index in [1.807, 2.05) is 20.8 Å². The van der Waals surface area contributed by atoms with Crippen molar-refractivity contribution in [1.82, 2.24) is 0 Å². The molecule has 0 spiro atoms. The van der Waals surface area contributed by atoms with E-state index in [9.17, 15) is 17.6 Å². The van der Waals surface area contributed by atoms with E-state index in [-0.39, 0.29) is 16.9 Å². The van der Waals surface area contributed by atoms with Crippen molar-refractivity contribution in [2.24, 2.45) is 5.41 Å². The van der Waals surface area contributed by atoms with Crippen molar-refractivity contribution in [3.8, 4) is 0 Å². The third kappa shape index (κ3) is 3.20. The molecule has 0 unspecified atom stereocenters. The predicted octanol–water partition coefficient (Wildman–Crippen LogP) is 4.99. The van der Waals surface area contributed by atoms with Crippen LogP contribution in [0, 0.1) is 11.2 Å². The molecule has 0 saturated heterocycles. The summed E-state index contributed by atoms with van der Waals surface area (Å²) in [5.74, 6) is -0.870. The highest BCUT2D eigenvalue weighted by atomic mass is 19.4. The number of hydrogen-bond acceptors (Lipinski definition) is 0. The molecule has 0 saturated carbocycles. The second-order valence-electron chi connectivity index (χ2n) is 5.32. The van der Waals surface area contributed by atoms with Crippen molar-refractivity contribution in [1.29, 1.82) is 0 Å². The molecule has 0 aliphatic heterocycles. The van der Waals surface area contributed by atoms with Gasteiger partial charge in [-0.05, 0) is 35.1 Å². The minimum atomic E-state index is -4.43. The summed E-state index contributed by atoms with van der Waals surface area (Å²) in [5, 5.41) is 0. The molecule has 1 aromatic rings. The first-order valence-electron chi connectivity index (χ1n) is 5.40. The van der Waals surface area contributed by atoms with Crippen LogP contribution in [0.15, 0.2) is 18.2 Å². The molecule has 4 heteroatoms. The van der Waals surface area contributed by atoms with Crippen LogP contribution in [0.3, 0.4) is 0 Å². The van der Waals surface area contributed by atoms with E-state index >= 15 is 0 Å². The fourth-order valence-electron chi connectivity index (χ4n) is 1.52. The summed E-state index contributed by atoms with van der Waals surface area (Å²) in [6, 6.07) is 2.57. The lowest BCUT2D eigenvalue weighted by molar-refractivity contribution is -0.137. The van der Waals surface area contributed by atoms with Gasteiger partial charge in [-0.25, -0.2) is 4.39 Å². The van der Waals surface area contributed by atoms with Crippen LogP contribution in [0.25, 0.3) is 0 Å². The summed E-state index contributed by atoms with van der Waals surface area (Å²) in [5.41, 5.74) is -0.970. The van der Waals surface area contributed by atoms with Crippen LogP contribution in [-0.4, -0.2) is 0 Å². The first-order chi connectivity index (χ1) is 7.53. The van der Waals surface area contributed by atoms with Crippen molar-refractivity contribution in [3.05, 3.63) is 35.1 Å². The summed E-state index contributed by atoms with van der Waals surface area (Å²) in [6.07, 6.45) is -4.43. The van der Waals surface area contributed by atoms with Crippen molar-refractivity contribution in [2.75, 3.05) is 0 Å². The van der Waals surface area contributed by atoms with Crippen LogP contribution in [0.4, 0.5) is 17.6 Å². The minimum absolute atomic E-state index is 0.118. The third-order valence-electron chi connectivity index (χ3n) is 3.09. The summed E-state index contributed by atoms with van der Waals surface area (Å²) in [7, 11) is 0. The van der Waals surface area contributed by atoms with E-state index in [1.165, 1.54) is 0 Å². The Balaban J connectivity index is 3.25. The van der Waals surface area contributed by atoms with E-state index in [2.05, 4.69) is 0 Å². The molecule has 1 atom stereocenters. The molecule has 0 aliphatic rings. The minimum Gasteiger partial charge on any atom is -0.207 e. The topological polar surface area (TPSA) is 0 Å². The number of rotatable bonds is 1. The number of halogens is 4. The molecule has 17 heavy (non-hydrogen) atoms. The Kier molecular flexibility index (Phi) is 3.55. The zero-order valence-electron chi connectivity index (χ0n) is 10.3. The van der Waals surface area contributed by atoms with Crippen LogP contribution in [0.5, 0.6) is 0 Å². The van der Waals surface area contributed by atoms with Gasteiger partial charge in [0.15, 0.2) is 0 Å². The van der Waals surface area contributed by atoms with Crippen LogP contribution < -0.4 is 0 Å². The van der Waals surface area contributed by atoms with E-state index < -0.39 is 17.6 Å². The fraction of sp³-hybridized carbons (Fsp3) is 0.538. The van der Waals surface area contributed by atoms with Gasteiger partial charge in [-0.2, -0.15) is 13.2 Å². The summed E-state index contributed by atoms with van der Waals surface area (Å²) < 4.78 is 51.2. The largest absolute Gasteiger partial charge is 0.416 e. The average molecular weight is 248 g/mol. The molecule has 0 N–H and O–H groups in total. The van der Waals surface area contributed by atoms with E-state index in [0.717, 1.165) is 18.2 Å². The first-order valence-corrected chi connectivity index (χ1v) is 5.40. The lowest BCUT2D eigenvalue weighted by Gasteiger charge is -2.28. The molecule has 0 fully saturated rings. The van der Waals surface area contributed by atoms with Crippen LogP contribution in [0.2, 0.25) is 0 Å². The first kappa shape index (κ1) is 14.0. The Bertz CT molecular complexity index is 399. The molecule has 0 bridgehead atoms. The Morgan fingerprint density at radius 2 is 1.59 bits per heavy atom. The highest BCUT2D eigenvalue weighted by Crippen LogP contribution is 2.38. The molecule has 0 radical (unpaired) electrons. The highest BCUT2D eigenvalue weighted by Gasteiger charge is 2.33. The van der Waals surface area contributed by atoms with Crippen LogP contribution in [0.1, 0.15) is 44.7 Å². The van der Waals surface area contributed by atoms with Gasteiger partial charge < -0.3 is 0 Å². The molecule has 96 valence electrons. The zero-order valence-corrected chi connectivity index (χ0v) is 10.3. The van der Waals surface area contributed by atoms with Gasteiger partial charge in [-0.3, -0.25) is 0 Å². The number of benzene rings is 1. The maximum absolute atomic E-state index is 13.6. The van der Waals surface area contributed by atoms with Crippen LogP contribution in [-0.2, 0) is 6.18 Å². The Morgan fingerprint density at radius 3 is 2.00 bits per heavy atom. The molecule has 0 aromatic heterocycles. The Morgan fingerprint density at radius 1 is 1.06 bits per heavy atom. The van der Waals surface area contributed by atoms with Gasteiger partial charge in [0.2, 0.25) is 0 Å². The second kappa shape index (κ2) is 4.31. The van der Waals surface area contributed by atoms with Crippen molar-refractivity contribution >= 4 is 0 Å². The summed E-state index contributed by atoms with van der Waals surface area (Å²) in [4.78, 5) is 0. The molecule has 0 heterocycles. The summed E-state index contributed by atoms with van der Waals surface area (Å²) >= 11 is 0.